The fraction of sp³-hybridized carbons (Fsp3) is 0.857. The fourth-order valence-corrected chi connectivity index (χ4v) is 3.39. The molecule has 0 radical (unpaired) electrons. The summed E-state index contributed by atoms with van der Waals surface area (Å²) in [5.41, 5.74) is 0. The quantitative estimate of drug-likeness (QED) is 0.578. The Labute approximate surface area is 137 Å². The molecule has 4 nitrogen and oxygen atoms in total. The summed E-state index contributed by atoms with van der Waals surface area (Å²) in [5.74, 6) is -3.25. The summed E-state index contributed by atoms with van der Waals surface area (Å²) in [4.78, 5) is 22.3. The van der Waals surface area contributed by atoms with Crippen LogP contribution < -0.4 is 0 Å². The molecule has 0 aromatic carbocycles. The SMILES string of the molecule is CCC(C(C(=O)O)C(=O)O)C(C)C1CCCCC1.[NaH]. The van der Waals surface area contributed by atoms with E-state index in [9.17, 15) is 9.59 Å². The summed E-state index contributed by atoms with van der Waals surface area (Å²) in [6.07, 6.45) is 6.47. The van der Waals surface area contributed by atoms with Crippen LogP contribution in [0.1, 0.15) is 52.4 Å². The molecule has 0 bridgehead atoms. The summed E-state index contributed by atoms with van der Waals surface area (Å²) in [6.45, 7) is 3.92. The predicted octanol–water partition coefficient (Wildman–Crippen LogP) is 2.37. The van der Waals surface area contributed by atoms with E-state index in [0.29, 0.717) is 12.3 Å². The topological polar surface area (TPSA) is 74.6 Å². The van der Waals surface area contributed by atoms with Gasteiger partial charge < -0.3 is 10.2 Å². The molecule has 1 aliphatic rings. The Morgan fingerprint density at radius 3 is 1.95 bits per heavy atom. The maximum absolute atomic E-state index is 11.1. The van der Waals surface area contributed by atoms with Crippen molar-refractivity contribution in [3.05, 3.63) is 0 Å². The van der Waals surface area contributed by atoms with Crippen LogP contribution in [0.2, 0.25) is 0 Å². The van der Waals surface area contributed by atoms with E-state index >= 15 is 0 Å². The Bertz CT molecular complexity index is 286. The molecule has 2 unspecified atom stereocenters. The second kappa shape index (κ2) is 8.98. The average molecular weight is 280 g/mol. The van der Waals surface area contributed by atoms with Crippen LogP contribution in [0.25, 0.3) is 0 Å². The monoisotopic (exact) mass is 280 g/mol. The molecule has 0 aliphatic heterocycles. The van der Waals surface area contributed by atoms with Gasteiger partial charge in [-0.2, -0.15) is 0 Å². The van der Waals surface area contributed by atoms with Crippen molar-refractivity contribution in [3.63, 3.8) is 0 Å². The average Bonchev–Trinajstić information content (AvgIpc) is 2.35. The normalized spacial score (nSPS) is 19.5. The first-order valence-electron chi connectivity index (χ1n) is 6.94. The van der Waals surface area contributed by atoms with E-state index in [2.05, 4.69) is 0 Å². The van der Waals surface area contributed by atoms with Crippen molar-refractivity contribution in [1.29, 1.82) is 0 Å². The Balaban J connectivity index is 0.00000324. The molecule has 0 spiro atoms. The second-order valence-corrected chi connectivity index (χ2v) is 5.48. The van der Waals surface area contributed by atoms with Crippen molar-refractivity contribution in [2.24, 2.45) is 23.7 Å². The fourth-order valence-electron chi connectivity index (χ4n) is 3.39. The van der Waals surface area contributed by atoms with E-state index in [0.717, 1.165) is 12.8 Å². The summed E-state index contributed by atoms with van der Waals surface area (Å²) in [6, 6.07) is 0. The minimum absolute atomic E-state index is 0. The van der Waals surface area contributed by atoms with Crippen LogP contribution in [0.5, 0.6) is 0 Å². The molecular formula is C14H25NaO4. The number of hydrogen-bond acceptors (Lipinski definition) is 2. The third kappa shape index (κ3) is 5.09. The molecule has 0 aromatic heterocycles. The van der Waals surface area contributed by atoms with Gasteiger partial charge in [-0.25, -0.2) is 0 Å². The molecule has 106 valence electrons. The summed E-state index contributed by atoms with van der Waals surface area (Å²) < 4.78 is 0. The molecule has 19 heavy (non-hydrogen) atoms. The van der Waals surface area contributed by atoms with Crippen LogP contribution in [0.3, 0.4) is 0 Å². The third-order valence-corrected chi connectivity index (χ3v) is 4.50. The molecule has 0 aromatic rings. The number of carbonyl (C=O) groups is 2. The number of carboxylic acids is 2. The van der Waals surface area contributed by atoms with Gasteiger partial charge in [0.2, 0.25) is 0 Å². The zero-order valence-electron chi connectivity index (χ0n) is 11.3. The van der Waals surface area contributed by atoms with Gasteiger partial charge in [0, 0.05) is 0 Å². The van der Waals surface area contributed by atoms with Gasteiger partial charge in [0.1, 0.15) is 0 Å². The molecule has 0 heterocycles. The van der Waals surface area contributed by atoms with Crippen LogP contribution in [-0.4, -0.2) is 51.7 Å². The van der Waals surface area contributed by atoms with Gasteiger partial charge in [0.25, 0.3) is 0 Å². The van der Waals surface area contributed by atoms with Crippen molar-refractivity contribution in [2.75, 3.05) is 0 Å². The first-order valence-corrected chi connectivity index (χ1v) is 6.94. The van der Waals surface area contributed by atoms with Gasteiger partial charge in [0.15, 0.2) is 5.92 Å². The van der Waals surface area contributed by atoms with E-state index in [1.54, 1.807) is 0 Å². The molecule has 1 fully saturated rings. The maximum atomic E-state index is 11.1. The number of rotatable bonds is 6. The molecule has 0 amide bonds. The van der Waals surface area contributed by atoms with E-state index < -0.39 is 17.9 Å². The third-order valence-electron chi connectivity index (χ3n) is 4.50. The first kappa shape index (κ1) is 18.9. The van der Waals surface area contributed by atoms with Crippen molar-refractivity contribution >= 4 is 41.5 Å². The number of aliphatic carboxylic acids is 2. The van der Waals surface area contributed by atoms with Gasteiger partial charge >= 0.3 is 41.5 Å². The summed E-state index contributed by atoms with van der Waals surface area (Å²) in [5, 5.41) is 18.2. The minimum atomic E-state index is -1.26. The van der Waals surface area contributed by atoms with Crippen molar-refractivity contribution in [1.82, 2.24) is 0 Å². The van der Waals surface area contributed by atoms with Crippen LogP contribution in [0.15, 0.2) is 0 Å². The predicted molar refractivity (Wildman–Crippen MR) is 75.4 cm³/mol. The molecule has 1 saturated carbocycles. The Hall–Kier alpha value is -0.0600. The summed E-state index contributed by atoms with van der Waals surface area (Å²) >= 11 is 0. The van der Waals surface area contributed by atoms with E-state index in [-0.39, 0.29) is 41.4 Å². The molecular weight excluding hydrogens is 255 g/mol. The van der Waals surface area contributed by atoms with E-state index in [1.165, 1.54) is 19.3 Å². The van der Waals surface area contributed by atoms with Crippen LogP contribution in [-0.2, 0) is 9.59 Å². The van der Waals surface area contributed by atoms with Crippen molar-refractivity contribution < 1.29 is 19.8 Å². The van der Waals surface area contributed by atoms with Crippen LogP contribution >= 0.6 is 0 Å². The summed E-state index contributed by atoms with van der Waals surface area (Å²) in [7, 11) is 0. The number of carboxylic acid groups (broad SMARTS) is 2. The van der Waals surface area contributed by atoms with E-state index in [1.807, 2.05) is 13.8 Å². The standard InChI is InChI=1S/C14H24O4.Na.H/c1-3-11(12(13(15)16)14(17)18)9(2)10-7-5-4-6-8-10;;/h9-12H,3-8H2,1-2H3,(H,15,16)(H,17,18);;. The Morgan fingerprint density at radius 1 is 1.11 bits per heavy atom. The van der Waals surface area contributed by atoms with Gasteiger partial charge in [-0.05, 0) is 17.8 Å². The molecule has 5 heteroatoms. The molecule has 2 N–H and O–H groups in total. The molecule has 1 rings (SSSR count). The molecule has 2 atom stereocenters. The second-order valence-electron chi connectivity index (χ2n) is 5.48. The van der Waals surface area contributed by atoms with Gasteiger partial charge in [-0.3, -0.25) is 9.59 Å². The van der Waals surface area contributed by atoms with E-state index in [4.69, 9.17) is 10.2 Å². The Morgan fingerprint density at radius 2 is 1.58 bits per heavy atom. The first-order chi connectivity index (χ1) is 8.49. The zero-order valence-corrected chi connectivity index (χ0v) is 11.3. The molecule has 1 aliphatic carbocycles. The van der Waals surface area contributed by atoms with Crippen molar-refractivity contribution in [3.8, 4) is 0 Å². The molecule has 0 saturated heterocycles. The van der Waals surface area contributed by atoms with Gasteiger partial charge in [-0.15, -0.1) is 0 Å². The van der Waals surface area contributed by atoms with Gasteiger partial charge in [-0.1, -0.05) is 52.4 Å². The Kier molecular flexibility index (Phi) is 8.95. The van der Waals surface area contributed by atoms with Gasteiger partial charge in [0.05, 0.1) is 0 Å². The van der Waals surface area contributed by atoms with Crippen LogP contribution in [0.4, 0.5) is 0 Å². The number of hydrogen-bond donors (Lipinski definition) is 2. The van der Waals surface area contributed by atoms with Crippen LogP contribution in [0, 0.1) is 23.7 Å². The zero-order chi connectivity index (χ0) is 13.7. The van der Waals surface area contributed by atoms with Crippen molar-refractivity contribution in [2.45, 2.75) is 52.4 Å².